The van der Waals surface area contributed by atoms with E-state index in [0.717, 1.165) is 23.0 Å². The summed E-state index contributed by atoms with van der Waals surface area (Å²) in [6, 6.07) is 0. The van der Waals surface area contributed by atoms with Gasteiger partial charge in [0.1, 0.15) is 0 Å². The number of aryl methyl sites for hydroxylation is 2. The minimum absolute atomic E-state index is 0.629. The van der Waals surface area contributed by atoms with E-state index in [9.17, 15) is 0 Å². The predicted molar refractivity (Wildman–Crippen MR) is 67.4 cm³/mol. The second-order valence-electron chi connectivity index (χ2n) is 3.75. The van der Waals surface area contributed by atoms with Gasteiger partial charge < -0.3 is 14.8 Å². The van der Waals surface area contributed by atoms with Crippen molar-refractivity contribution in [2.75, 3.05) is 33.5 Å². The van der Waals surface area contributed by atoms with Crippen molar-refractivity contribution >= 4 is 11.6 Å². The second-order valence-corrected chi connectivity index (χ2v) is 4.13. The lowest BCUT2D eigenvalue weighted by Gasteiger charge is -2.06. The van der Waals surface area contributed by atoms with Gasteiger partial charge in [0.15, 0.2) is 0 Å². The molecular weight excluding hydrogens is 242 g/mol. The molecule has 1 aromatic rings. The standard InChI is InChI=1S/C11H20ClN3O2/c1-9-11(12)10(15(2)14-9)8-13-4-5-17-7-6-16-3/h13H,4-8H2,1-3H3. The maximum Gasteiger partial charge on any atom is 0.0860 e. The molecule has 0 saturated carbocycles. The van der Waals surface area contributed by atoms with Crippen LogP contribution in [0.3, 0.4) is 0 Å². The SMILES string of the molecule is COCCOCCNCc1c(Cl)c(C)nn1C. The smallest absolute Gasteiger partial charge is 0.0860 e. The number of halogens is 1. The Morgan fingerprint density at radius 3 is 2.71 bits per heavy atom. The van der Waals surface area contributed by atoms with Crippen LogP contribution >= 0.6 is 11.6 Å². The zero-order valence-electron chi connectivity index (χ0n) is 10.6. The second kappa shape index (κ2) is 7.66. The first-order valence-corrected chi connectivity index (χ1v) is 6.00. The van der Waals surface area contributed by atoms with Crippen LogP contribution in [0, 0.1) is 6.92 Å². The normalized spacial score (nSPS) is 11.1. The molecule has 0 bridgehead atoms. The van der Waals surface area contributed by atoms with Crippen LogP contribution in [0.2, 0.25) is 5.02 Å². The average molecular weight is 262 g/mol. The Hall–Kier alpha value is -0.620. The van der Waals surface area contributed by atoms with Gasteiger partial charge in [-0.3, -0.25) is 4.68 Å². The molecule has 0 saturated heterocycles. The van der Waals surface area contributed by atoms with Gasteiger partial charge in [-0.1, -0.05) is 11.6 Å². The Morgan fingerprint density at radius 2 is 2.12 bits per heavy atom. The number of nitrogens with one attached hydrogen (secondary N) is 1. The average Bonchev–Trinajstić information content (AvgIpc) is 2.54. The van der Waals surface area contributed by atoms with E-state index in [-0.39, 0.29) is 0 Å². The monoisotopic (exact) mass is 261 g/mol. The van der Waals surface area contributed by atoms with Crippen molar-refractivity contribution in [3.05, 3.63) is 16.4 Å². The number of nitrogens with zero attached hydrogens (tertiary/aromatic N) is 2. The Bertz CT molecular complexity index is 342. The van der Waals surface area contributed by atoms with Crippen LogP contribution in [0.25, 0.3) is 0 Å². The zero-order valence-corrected chi connectivity index (χ0v) is 11.4. The summed E-state index contributed by atoms with van der Waals surface area (Å²) in [5.74, 6) is 0. The molecule has 0 aliphatic carbocycles. The summed E-state index contributed by atoms with van der Waals surface area (Å²) < 4.78 is 12.0. The highest BCUT2D eigenvalue weighted by molar-refractivity contribution is 6.31. The first kappa shape index (κ1) is 14.4. The molecule has 0 aromatic carbocycles. The van der Waals surface area contributed by atoms with Gasteiger partial charge in [0.05, 0.1) is 36.2 Å². The molecule has 6 heteroatoms. The summed E-state index contributed by atoms with van der Waals surface area (Å²) in [4.78, 5) is 0. The molecule has 0 radical (unpaired) electrons. The number of hydrogen-bond donors (Lipinski definition) is 1. The number of aromatic nitrogens is 2. The largest absolute Gasteiger partial charge is 0.382 e. The first-order chi connectivity index (χ1) is 8.16. The van der Waals surface area contributed by atoms with Crippen molar-refractivity contribution in [3.63, 3.8) is 0 Å². The summed E-state index contributed by atoms with van der Waals surface area (Å²) in [6.07, 6.45) is 0. The number of hydrogen-bond acceptors (Lipinski definition) is 4. The molecule has 1 rings (SSSR count). The highest BCUT2D eigenvalue weighted by Gasteiger charge is 2.09. The number of methoxy groups -OCH3 is 1. The molecule has 5 nitrogen and oxygen atoms in total. The Kier molecular flexibility index (Phi) is 6.50. The number of ether oxygens (including phenoxy) is 2. The van der Waals surface area contributed by atoms with Crippen molar-refractivity contribution < 1.29 is 9.47 Å². The molecule has 17 heavy (non-hydrogen) atoms. The quantitative estimate of drug-likeness (QED) is 0.713. The van der Waals surface area contributed by atoms with E-state index in [1.54, 1.807) is 11.8 Å². The van der Waals surface area contributed by atoms with Gasteiger partial charge in [0, 0.05) is 27.2 Å². The third kappa shape index (κ3) is 4.63. The minimum Gasteiger partial charge on any atom is -0.382 e. The van der Waals surface area contributed by atoms with Gasteiger partial charge in [0.2, 0.25) is 0 Å². The van der Waals surface area contributed by atoms with Crippen molar-refractivity contribution in [1.29, 1.82) is 0 Å². The van der Waals surface area contributed by atoms with Crippen molar-refractivity contribution in [3.8, 4) is 0 Å². The van der Waals surface area contributed by atoms with Crippen molar-refractivity contribution in [2.45, 2.75) is 13.5 Å². The van der Waals surface area contributed by atoms with Gasteiger partial charge in [0.25, 0.3) is 0 Å². The summed E-state index contributed by atoms with van der Waals surface area (Å²) in [7, 11) is 3.55. The summed E-state index contributed by atoms with van der Waals surface area (Å²) in [6.45, 7) is 5.31. The fraction of sp³-hybridized carbons (Fsp3) is 0.727. The van der Waals surface area contributed by atoms with Crippen LogP contribution in [-0.4, -0.2) is 43.3 Å². The summed E-state index contributed by atoms with van der Waals surface area (Å²) in [5, 5.41) is 8.25. The topological polar surface area (TPSA) is 48.3 Å². The third-order valence-electron chi connectivity index (χ3n) is 2.41. The van der Waals surface area contributed by atoms with E-state index in [1.807, 2.05) is 14.0 Å². The van der Waals surface area contributed by atoms with E-state index < -0.39 is 0 Å². The van der Waals surface area contributed by atoms with E-state index in [2.05, 4.69) is 10.4 Å². The molecule has 0 amide bonds. The van der Waals surface area contributed by atoms with Crippen LogP contribution in [0.15, 0.2) is 0 Å². The molecule has 1 heterocycles. The van der Waals surface area contributed by atoms with Crippen LogP contribution in [0.1, 0.15) is 11.4 Å². The van der Waals surface area contributed by atoms with Crippen molar-refractivity contribution in [2.24, 2.45) is 7.05 Å². The van der Waals surface area contributed by atoms with Gasteiger partial charge in [-0.05, 0) is 6.92 Å². The van der Waals surface area contributed by atoms with Gasteiger partial charge in [-0.25, -0.2) is 0 Å². The molecule has 98 valence electrons. The fourth-order valence-corrected chi connectivity index (χ4v) is 1.69. The summed E-state index contributed by atoms with van der Waals surface area (Å²) >= 11 is 6.12. The third-order valence-corrected chi connectivity index (χ3v) is 2.90. The Balaban J connectivity index is 2.18. The molecule has 0 atom stereocenters. The van der Waals surface area contributed by atoms with Crippen molar-refractivity contribution in [1.82, 2.24) is 15.1 Å². The van der Waals surface area contributed by atoms with Gasteiger partial charge >= 0.3 is 0 Å². The predicted octanol–water partition coefficient (Wildman–Crippen LogP) is 1.13. The molecule has 0 unspecified atom stereocenters. The van der Waals surface area contributed by atoms with Crippen LogP contribution in [0.5, 0.6) is 0 Å². The maximum absolute atomic E-state index is 6.12. The number of rotatable bonds is 8. The lowest BCUT2D eigenvalue weighted by Crippen LogP contribution is -2.21. The van der Waals surface area contributed by atoms with Crippen LogP contribution in [-0.2, 0) is 23.1 Å². The zero-order chi connectivity index (χ0) is 12.7. The minimum atomic E-state index is 0.629. The molecule has 1 N–H and O–H groups in total. The fourth-order valence-electron chi connectivity index (χ4n) is 1.47. The van der Waals surface area contributed by atoms with E-state index in [0.29, 0.717) is 26.4 Å². The van der Waals surface area contributed by atoms with Crippen LogP contribution in [0.4, 0.5) is 0 Å². The lowest BCUT2D eigenvalue weighted by atomic mass is 10.3. The molecule has 0 fully saturated rings. The molecule has 0 aliphatic rings. The summed E-state index contributed by atoms with van der Waals surface area (Å²) in [5.41, 5.74) is 1.86. The lowest BCUT2D eigenvalue weighted by molar-refractivity contribution is 0.0718. The van der Waals surface area contributed by atoms with Gasteiger partial charge in [-0.2, -0.15) is 5.10 Å². The van der Waals surface area contributed by atoms with E-state index in [4.69, 9.17) is 21.1 Å². The molecule has 0 aliphatic heterocycles. The molecular formula is C11H20ClN3O2. The van der Waals surface area contributed by atoms with E-state index in [1.165, 1.54) is 0 Å². The van der Waals surface area contributed by atoms with Gasteiger partial charge in [-0.15, -0.1) is 0 Å². The Labute approximate surface area is 107 Å². The highest BCUT2D eigenvalue weighted by atomic mass is 35.5. The Morgan fingerprint density at radius 1 is 1.35 bits per heavy atom. The van der Waals surface area contributed by atoms with E-state index >= 15 is 0 Å². The first-order valence-electron chi connectivity index (χ1n) is 5.62. The molecule has 1 aromatic heterocycles. The van der Waals surface area contributed by atoms with Crippen LogP contribution < -0.4 is 5.32 Å². The highest BCUT2D eigenvalue weighted by Crippen LogP contribution is 2.18. The molecule has 0 spiro atoms. The maximum atomic E-state index is 6.12.